The highest BCUT2D eigenvalue weighted by molar-refractivity contribution is 7.12. The van der Waals surface area contributed by atoms with Gasteiger partial charge in [0.05, 0.1) is 11.4 Å². The molecule has 1 aliphatic heterocycles. The summed E-state index contributed by atoms with van der Waals surface area (Å²) in [5.41, 5.74) is 5.76. The molecule has 2 rings (SSSR count). The fraction of sp³-hybridized carbons (Fsp3) is 0.500. The smallest absolute Gasteiger partial charge is 0.264 e. The predicted molar refractivity (Wildman–Crippen MR) is 70.5 cm³/mol. The quantitative estimate of drug-likeness (QED) is 0.861. The van der Waals surface area contributed by atoms with E-state index in [1.165, 1.54) is 16.2 Å². The van der Waals surface area contributed by atoms with Crippen molar-refractivity contribution in [2.45, 2.75) is 12.5 Å². The van der Waals surface area contributed by atoms with E-state index in [1.807, 2.05) is 11.4 Å². The van der Waals surface area contributed by atoms with Crippen molar-refractivity contribution in [1.82, 2.24) is 9.80 Å². The molecule has 1 saturated heterocycles. The summed E-state index contributed by atoms with van der Waals surface area (Å²) in [6.07, 6.45) is 0.842. The Balaban J connectivity index is 1.89. The van der Waals surface area contributed by atoms with Gasteiger partial charge in [0.1, 0.15) is 0 Å². The Hall–Kier alpha value is -1.40. The SMILES string of the molecule is CN(CC(=O)N1CC[C@@H](N)C1)C(=O)c1cccs1. The third-order valence-electron chi connectivity index (χ3n) is 3.03. The van der Waals surface area contributed by atoms with Gasteiger partial charge in [0.2, 0.25) is 5.91 Å². The summed E-state index contributed by atoms with van der Waals surface area (Å²) in [6.45, 7) is 1.41. The first kappa shape index (κ1) is 13.0. The Bertz CT molecular complexity index is 433. The maximum atomic E-state index is 12.0. The molecule has 2 heterocycles. The summed E-state index contributed by atoms with van der Waals surface area (Å²) < 4.78 is 0. The first-order valence-electron chi connectivity index (χ1n) is 5.90. The number of carbonyl (C=O) groups excluding carboxylic acids is 2. The second-order valence-electron chi connectivity index (χ2n) is 4.53. The molecule has 0 aliphatic carbocycles. The highest BCUT2D eigenvalue weighted by Crippen LogP contribution is 2.12. The van der Waals surface area contributed by atoms with Crippen LogP contribution >= 0.6 is 11.3 Å². The van der Waals surface area contributed by atoms with Crippen molar-refractivity contribution in [3.8, 4) is 0 Å². The summed E-state index contributed by atoms with van der Waals surface area (Å²) >= 11 is 1.38. The molecule has 5 nitrogen and oxygen atoms in total. The Morgan fingerprint density at radius 2 is 2.39 bits per heavy atom. The van der Waals surface area contributed by atoms with Crippen molar-refractivity contribution in [3.05, 3.63) is 22.4 Å². The van der Waals surface area contributed by atoms with Gasteiger partial charge in [-0.2, -0.15) is 0 Å². The number of amides is 2. The fourth-order valence-electron chi connectivity index (χ4n) is 1.98. The normalized spacial score (nSPS) is 19.0. The number of nitrogens with zero attached hydrogens (tertiary/aromatic N) is 2. The zero-order chi connectivity index (χ0) is 13.1. The summed E-state index contributed by atoms with van der Waals surface area (Å²) in [5.74, 6) is -0.141. The first-order chi connectivity index (χ1) is 8.58. The molecule has 0 unspecified atom stereocenters. The van der Waals surface area contributed by atoms with Crippen molar-refractivity contribution in [3.63, 3.8) is 0 Å². The molecule has 1 fully saturated rings. The molecule has 1 aromatic heterocycles. The van der Waals surface area contributed by atoms with E-state index in [4.69, 9.17) is 5.73 Å². The summed E-state index contributed by atoms with van der Waals surface area (Å²) in [4.78, 5) is 27.8. The molecule has 98 valence electrons. The molecular weight excluding hydrogens is 250 g/mol. The van der Waals surface area contributed by atoms with Gasteiger partial charge in [-0.15, -0.1) is 11.3 Å². The number of likely N-dealkylation sites (N-methyl/N-ethyl adjacent to an activating group) is 1. The van der Waals surface area contributed by atoms with Gasteiger partial charge >= 0.3 is 0 Å². The van der Waals surface area contributed by atoms with Crippen LogP contribution in [0, 0.1) is 0 Å². The van der Waals surface area contributed by atoms with Crippen LogP contribution < -0.4 is 5.73 Å². The molecule has 0 radical (unpaired) electrons. The third-order valence-corrected chi connectivity index (χ3v) is 3.89. The lowest BCUT2D eigenvalue weighted by Gasteiger charge is -2.21. The van der Waals surface area contributed by atoms with E-state index < -0.39 is 0 Å². The van der Waals surface area contributed by atoms with Gasteiger partial charge in [0.15, 0.2) is 0 Å². The molecule has 1 atom stereocenters. The summed E-state index contributed by atoms with van der Waals surface area (Å²) in [5, 5.41) is 1.85. The average molecular weight is 267 g/mol. The molecule has 2 amide bonds. The van der Waals surface area contributed by atoms with Crippen LogP contribution in [0.4, 0.5) is 0 Å². The second-order valence-corrected chi connectivity index (χ2v) is 5.47. The zero-order valence-corrected chi connectivity index (χ0v) is 11.2. The molecule has 1 aromatic rings. The van der Waals surface area contributed by atoms with Crippen LogP contribution in [-0.4, -0.2) is 54.3 Å². The third kappa shape index (κ3) is 2.88. The predicted octanol–water partition coefficient (Wildman–Crippen LogP) is 0.380. The second kappa shape index (κ2) is 5.49. The number of likely N-dealkylation sites (tertiary alicyclic amines) is 1. The van der Waals surface area contributed by atoms with Crippen LogP contribution in [0.5, 0.6) is 0 Å². The van der Waals surface area contributed by atoms with E-state index in [9.17, 15) is 9.59 Å². The van der Waals surface area contributed by atoms with Crippen molar-refractivity contribution in [1.29, 1.82) is 0 Å². The first-order valence-corrected chi connectivity index (χ1v) is 6.78. The van der Waals surface area contributed by atoms with Gasteiger partial charge < -0.3 is 15.5 Å². The molecule has 1 aliphatic rings. The highest BCUT2D eigenvalue weighted by atomic mass is 32.1. The molecule has 0 bridgehead atoms. The molecule has 2 N–H and O–H groups in total. The van der Waals surface area contributed by atoms with Crippen molar-refractivity contribution < 1.29 is 9.59 Å². The zero-order valence-electron chi connectivity index (χ0n) is 10.3. The lowest BCUT2D eigenvalue weighted by molar-refractivity contribution is -0.130. The van der Waals surface area contributed by atoms with E-state index in [2.05, 4.69) is 0 Å². The van der Waals surface area contributed by atoms with Gasteiger partial charge in [0.25, 0.3) is 5.91 Å². The molecule has 18 heavy (non-hydrogen) atoms. The van der Waals surface area contributed by atoms with Crippen LogP contribution in [0.2, 0.25) is 0 Å². The number of nitrogens with two attached hydrogens (primary N) is 1. The average Bonchev–Trinajstić information content (AvgIpc) is 2.98. The summed E-state index contributed by atoms with van der Waals surface area (Å²) in [7, 11) is 1.65. The number of thiophene rings is 1. The Morgan fingerprint density at radius 3 is 2.94 bits per heavy atom. The molecule has 6 heteroatoms. The molecule has 0 spiro atoms. The van der Waals surface area contributed by atoms with E-state index in [0.29, 0.717) is 18.0 Å². The monoisotopic (exact) mass is 267 g/mol. The Morgan fingerprint density at radius 1 is 1.61 bits per heavy atom. The minimum atomic E-state index is -0.109. The standard InChI is InChI=1S/C12H17N3O2S/c1-14(12(17)10-3-2-6-18-10)8-11(16)15-5-4-9(13)7-15/h2-3,6,9H,4-5,7-8,13H2,1H3/t9-/m1/s1. The minimum Gasteiger partial charge on any atom is -0.340 e. The Kier molecular flexibility index (Phi) is 3.98. The number of hydrogen-bond acceptors (Lipinski definition) is 4. The van der Waals surface area contributed by atoms with Crippen molar-refractivity contribution in [2.24, 2.45) is 5.73 Å². The molecule has 0 saturated carbocycles. The lowest BCUT2D eigenvalue weighted by atomic mass is 10.3. The highest BCUT2D eigenvalue weighted by Gasteiger charge is 2.25. The van der Waals surface area contributed by atoms with Crippen LogP contribution in [0.15, 0.2) is 17.5 Å². The van der Waals surface area contributed by atoms with Crippen LogP contribution in [-0.2, 0) is 4.79 Å². The molecule has 0 aromatic carbocycles. The van der Waals surface area contributed by atoms with Gasteiger partial charge in [0, 0.05) is 26.2 Å². The summed E-state index contributed by atoms with van der Waals surface area (Å²) in [6, 6.07) is 3.67. The van der Waals surface area contributed by atoms with Crippen LogP contribution in [0.1, 0.15) is 16.1 Å². The topological polar surface area (TPSA) is 66.6 Å². The lowest BCUT2D eigenvalue weighted by Crippen LogP contribution is -2.40. The van der Waals surface area contributed by atoms with Gasteiger partial charge in [-0.1, -0.05) is 6.07 Å². The van der Waals surface area contributed by atoms with Crippen molar-refractivity contribution >= 4 is 23.2 Å². The number of hydrogen-bond donors (Lipinski definition) is 1. The number of carbonyl (C=O) groups is 2. The maximum absolute atomic E-state index is 12.0. The van der Waals surface area contributed by atoms with Gasteiger partial charge in [-0.25, -0.2) is 0 Å². The van der Waals surface area contributed by atoms with E-state index in [0.717, 1.165) is 6.42 Å². The van der Waals surface area contributed by atoms with E-state index >= 15 is 0 Å². The van der Waals surface area contributed by atoms with E-state index in [1.54, 1.807) is 18.0 Å². The number of rotatable bonds is 3. The van der Waals surface area contributed by atoms with E-state index in [-0.39, 0.29) is 24.4 Å². The maximum Gasteiger partial charge on any atom is 0.264 e. The van der Waals surface area contributed by atoms with Crippen LogP contribution in [0.25, 0.3) is 0 Å². The van der Waals surface area contributed by atoms with Gasteiger partial charge in [-0.3, -0.25) is 9.59 Å². The largest absolute Gasteiger partial charge is 0.340 e. The molecular formula is C12H17N3O2S. The Labute approximate surface area is 110 Å². The van der Waals surface area contributed by atoms with Crippen molar-refractivity contribution in [2.75, 3.05) is 26.7 Å². The fourth-order valence-corrected chi connectivity index (χ4v) is 2.69. The van der Waals surface area contributed by atoms with Crippen LogP contribution in [0.3, 0.4) is 0 Å². The minimum absolute atomic E-state index is 0.0321. The van der Waals surface area contributed by atoms with Gasteiger partial charge in [-0.05, 0) is 17.9 Å².